The molecule has 0 unspecified atom stereocenters. The minimum Gasteiger partial charge on any atom is -0.370 e. The van der Waals surface area contributed by atoms with E-state index < -0.39 is 47.8 Å². The van der Waals surface area contributed by atoms with E-state index in [4.69, 9.17) is 27.7 Å². The molecule has 0 aliphatic carbocycles. The van der Waals surface area contributed by atoms with Gasteiger partial charge >= 0.3 is 0 Å². The molecule has 0 bridgehead atoms. The summed E-state index contributed by atoms with van der Waals surface area (Å²) in [7, 11) is 0. The van der Waals surface area contributed by atoms with Crippen LogP contribution in [0.2, 0.25) is 0 Å². The van der Waals surface area contributed by atoms with Crippen molar-refractivity contribution in [3.05, 3.63) is 83.4 Å². The Morgan fingerprint density at radius 3 is 1.88 bits per heavy atom. The SMILES string of the molecule is CC(=O)N[C@@H](Cc1cncn1COCc1ccccc1)C(=O)N[C@@H](CCCCN=C(N)N)C(=O)N[C@@H](CCC(C)C)C(=O)N[C@@H](CCCN=C(N)N)C(=O)c1nc2ccccc2s1.S.S.S.S. The van der Waals surface area contributed by atoms with E-state index in [2.05, 4.69) is 41.2 Å². The summed E-state index contributed by atoms with van der Waals surface area (Å²) >= 11 is 1.22. The van der Waals surface area contributed by atoms with Gasteiger partial charge in [0.15, 0.2) is 16.9 Å². The number of hydrogen-bond donors (Lipinski definition) is 8. The predicted molar refractivity (Wildman–Crippen MR) is 285 cm³/mol. The van der Waals surface area contributed by atoms with Crippen molar-refractivity contribution in [3.63, 3.8) is 0 Å². The van der Waals surface area contributed by atoms with Crippen LogP contribution in [0.1, 0.15) is 86.8 Å². The molecule has 0 aliphatic rings. The van der Waals surface area contributed by atoms with E-state index in [0.29, 0.717) is 50.0 Å². The van der Waals surface area contributed by atoms with Crippen LogP contribution in [0, 0.1) is 5.92 Å². The molecule has 4 rings (SSSR count). The molecule has 67 heavy (non-hydrogen) atoms. The molecular formula is C43H69N13O6S5. The van der Waals surface area contributed by atoms with Gasteiger partial charge in [-0.3, -0.25) is 34.0 Å². The third-order valence-electron chi connectivity index (χ3n) is 9.82. The van der Waals surface area contributed by atoms with Crippen molar-refractivity contribution in [1.29, 1.82) is 0 Å². The second-order valence-corrected chi connectivity index (χ2v) is 16.6. The number of fused-ring (bicyclic) bond motifs is 1. The van der Waals surface area contributed by atoms with E-state index in [1.165, 1.54) is 18.3 Å². The number of ether oxygens (including phenoxy) is 1. The number of carbonyl (C=O) groups excluding carboxylic acids is 5. The number of nitrogens with one attached hydrogen (secondary N) is 4. The molecule has 2 heterocycles. The van der Waals surface area contributed by atoms with Crippen LogP contribution in [0.15, 0.2) is 77.1 Å². The number of aromatic nitrogens is 3. The fourth-order valence-electron chi connectivity index (χ4n) is 6.56. The van der Waals surface area contributed by atoms with Crippen molar-refractivity contribution in [2.24, 2.45) is 38.8 Å². The lowest BCUT2D eigenvalue weighted by atomic mass is 10.00. The topological polar surface area (TPSA) is 302 Å². The summed E-state index contributed by atoms with van der Waals surface area (Å²) in [4.78, 5) is 85.7. The van der Waals surface area contributed by atoms with Gasteiger partial charge in [-0.1, -0.05) is 56.3 Å². The number of hydrogen-bond acceptors (Lipinski definition) is 11. The first kappa shape index (κ1) is 62.0. The van der Waals surface area contributed by atoms with E-state index in [9.17, 15) is 24.0 Å². The summed E-state index contributed by atoms with van der Waals surface area (Å²) in [5.41, 5.74) is 24.3. The Balaban J connectivity index is 0.0000109. The van der Waals surface area contributed by atoms with Gasteiger partial charge in [-0.2, -0.15) is 54.0 Å². The number of carbonyl (C=O) groups is 5. The zero-order chi connectivity index (χ0) is 45.7. The second-order valence-electron chi connectivity index (χ2n) is 15.5. The first-order valence-electron chi connectivity index (χ1n) is 21.0. The molecule has 0 saturated heterocycles. The highest BCUT2D eigenvalue weighted by molar-refractivity contribution is 7.59. The second kappa shape index (κ2) is 32.7. The number of ketones is 1. The maximum absolute atomic E-state index is 14.3. The van der Waals surface area contributed by atoms with Crippen LogP contribution in [0.25, 0.3) is 10.2 Å². The smallest absolute Gasteiger partial charge is 0.243 e. The van der Waals surface area contributed by atoms with Gasteiger partial charge in [0, 0.05) is 38.3 Å². The number of aliphatic imine (C=N–C) groups is 2. The summed E-state index contributed by atoms with van der Waals surface area (Å²) < 4.78 is 8.43. The van der Waals surface area contributed by atoms with Crippen LogP contribution in [0.4, 0.5) is 0 Å². The molecular weight excluding hydrogens is 955 g/mol. The number of guanidine groups is 2. The first-order chi connectivity index (χ1) is 30.2. The number of nitrogens with zero attached hydrogens (tertiary/aromatic N) is 5. The van der Waals surface area contributed by atoms with E-state index in [-0.39, 0.29) is 122 Å². The Kier molecular flexibility index (Phi) is 30.2. The van der Waals surface area contributed by atoms with Crippen LogP contribution >= 0.6 is 65.3 Å². The molecule has 12 N–H and O–H groups in total. The van der Waals surface area contributed by atoms with Crippen molar-refractivity contribution in [1.82, 2.24) is 35.8 Å². The van der Waals surface area contributed by atoms with Crippen molar-refractivity contribution in [2.45, 2.75) is 110 Å². The van der Waals surface area contributed by atoms with Crippen molar-refractivity contribution in [2.75, 3.05) is 13.1 Å². The molecule has 2 aromatic carbocycles. The average molecular weight is 1020 g/mol. The quantitative estimate of drug-likeness (QED) is 0.0185. The highest BCUT2D eigenvalue weighted by Gasteiger charge is 2.32. The number of Topliss-reactive ketones (excluding diaryl/α,β-unsaturated/α-hetero) is 1. The van der Waals surface area contributed by atoms with Gasteiger partial charge < -0.3 is 53.5 Å². The van der Waals surface area contributed by atoms with Crippen LogP contribution in [-0.4, -0.2) is 93.1 Å². The summed E-state index contributed by atoms with van der Waals surface area (Å²) in [5.74, 6) is -2.69. The van der Waals surface area contributed by atoms with E-state index in [1.807, 2.05) is 62.4 Å². The third-order valence-corrected chi connectivity index (χ3v) is 10.9. The average Bonchev–Trinajstić information content (AvgIpc) is 3.89. The summed E-state index contributed by atoms with van der Waals surface area (Å²) in [5, 5.41) is 11.5. The molecule has 0 radical (unpaired) electrons. The van der Waals surface area contributed by atoms with E-state index >= 15 is 0 Å². The maximum Gasteiger partial charge on any atom is 0.243 e. The Morgan fingerprint density at radius 2 is 1.27 bits per heavy atom. The number of nitrogens with two attached hydrogens (primary N) is 4. The van der Waals surface area contributed by atoms with Crippen LogP contribution in [0.5, 0.6) is 0 Å². The maximum atomic E-state index is 14.3. The molecule has 4 amide bonds. The molecule has 0 aliphatic heterocycles. The molecule has 372 valence electrons. The highest BCUT2D eigenvalue weighted by atomic mass is 32.1. The lowest BCUT2D eigenvalue weighted by molar-refractivity contribution is -0.133. The zero-order valence-electron chi connectivity index (χ0n) is 38.1. The predicted octanol–water partition coefficient (Wildman–Crippen LogP) is 2.44. The van der Waals surface area contributed by atoms with Gasteiger partial charge in [0.05, 0.1) is 29.2 Å². The van der Waals surface area contributed by atoms with E-state index in [1.54, 1.807) is 23.2 Å². The Morgan fingerprint density at radius 1 is 0.701 bits per heavy atom. The fourth-order valence-corrected chi connectivity index (χ4v) is 7.52. The molecule has 4 atom stereocenters. The largest absolute Gasteiger partial charge is 0.370 e. The Bertz CT molecular complexity index is 2150. The van der Waals surface area contributed by atoms with Gasteiger partial charge in [-0.15, -0.1) is 11.3 Å². The number of rotatable bonds is 27. The van der Waals surface area contributed by atoms with Crippen molar-refractivity contribution in [3.8, 4) is 0 Å². The Labute approximate surface area is 424 Å². The normalized spacial score (nSPS) is 12.2. The van der Waals surface area contributed by atoms with Gasteiger partial charge in [-0.25, -0.2) is 9.97 Å². The molecule has 4 aromatic rings. The number of imidazole rings is 1. The van der Waals surface area contributed by atoms with Gasteiger partial charge in [-0.05, 0) is 68.6 Å². The van der Waals surface area contributed by atoms with E-state index in [0.717, 1.165) is 10.3 Å². The molecule has 0 saturated carbocycles. The summed E-state index contributed by atoms with van der Waals surface area (Å²) in [6.07, 6.45) is 5.60. The van der Waals surface area contributed by atoms with Crippen molar-refractivity contribution < 1.29 is 28.7 Å². The molecule has 24 heteroatoms. The van der Waals surface area contributed by atoms with Crippen LogP contribution < -0.4 is 44.2 Å². The van der Waals surface area contributed by atoms with Crippen LogP contribution in [0.3, 0.4) is 0 Å². The Hall–Kier alpha value is -5.01. The molecule has 19 nitrogen and oxygen atoms in total. The van der Waals surface area contributed by atoms with Crippen LogP contribution in [-0.2, 0) is 43.7 Å². The molecule has 0 fully saturated rings. The standard InChI is InChI=1S/C43H61N13O6S.4H2S/c1-27(2)18-19-34(39(60)52-32(16-11-21-50-43(46)47)37(58)41-55-31-14-7-8-17-36(31)63-41)54-38(59)33(15-9-10-20-49-42(44)45)53-40(61)35(51-28(3)57)22-30-23-48-25-56(30)26-62-24-29-12-5-4-6-13-29;;;;/h4-8,12-14,17,23,25,27,32-35H,9-11,15-16,18-22,24,26H2,1-3H3,(H,51,57)(H,52,60)(H,53,61)(H,54,59)(H4,44,45,49)(H4,46,47,50);4*1H2/t32-,33-,34-,35-;;;;/m0..../s1. The first-order valence-corrected chi connectivity index (χ1v) is 21.8. The number of benzene rings is 2. The zero-order valence-corrected chi connectivity index (χ0v) is 42.9. The monoisotopic (exact) mass is 1020 g/mol. The minimum absolute atomic E-state index is 0. The lowest BCUT2D eigenvalue weighted by Crippen LogP contribution is -2.58. The van der Waals surface area contributed by atoms with Gasteiger partial charge in [0.2, 0.25) is 29.4 Å². The minimum atomic E-state index is -1.14. The lowest BCUT2D eigenvalue weighted by Gasteiger charge is -2.27. The van der Waals surface area contributed by atoms with Crippen molar-refractivity contribution >= 4 is 117 Å². The highest BCUT2D eigenvalue weighted by Crippen LogP contribution is 2.23. The summed E-state index contributed by atoms with van der Waals surface area (Å²) in [6, 6.07) is 12.7. The summed E-state index contributed by atoms with van der Waals surface area (Å²) in [6.45, 7) is 6.28. The number of thiazole rings is 1. The third kappa shape index (κ3) is 22.1. The number of para-hydroxylation sites is 1. The number of unbranched alkanes of at least 4 members (excludes halogenated alkanes) is 1. The molecule has 0 spiro atoms. The number of amides is 4. The molecule has 2 aromatic heterocycles. The fraction of sp³-hybridized carbons (Fsp3) is 0.465. The van der Waals surface area contributed by atoms with Gasteiger partial charge in [0.1, 0.15) is 24.9 Å². The van der Waals surface area contributed by atoms with Gasteiger partial charge in [0.25, 0.3) is 0 Å².